The first-order chi connectivity index (χ1) is 8.76. The molecule has 2 rings (SSSR count). The number of rotatable bonds is 6. The second-order valence-electron chi connectivity index (χ2n) is 5.03. The molecule has 0 aliphatic heterocycles. The summed E-state index contributed by atoms with van der Waals surface area (Å²) in [6.45, 7) is 3.13. The Bertz CT molecular complexity index is 359. The summed E-state index contributed by atoms with van der Waals surface area (Å²) in [4.78, 5) is 0. The van der Waals surface area contributed by atoms with E-state index < -0.39 is 0 Å². The molecule has 3 heteroatoms. The number of ether oxygens (including phenoxy) is 1. The lowest BCUT2D eigenvalue weighted by molar-refractivity contribution is 0.0420. The van der Waals surface area contributed by atoms with Gasteiger partial charge < -0.3 is 15.6 Å². The van der Waals surface area contributed by atoms with Crippen molar-refractivity contribution in [2.75, 3.05) is 13.2 Å². The highest BCUT2D eigenvalue weighted by Gasteiger charge is 2.31. The van der Waals surface area contributed by atoms with Gasteiger partial charge in [0.2, 0.25) is 0 Å². The van der Waals surface area contributed by atoms with E-state index in [0.29, 0.717) is 19.1 Å². The molecule has 1 aromatic rings. The molecule has 3 N–H and O–H groups in total. The van der Waals surface area contributed by atoms with Crippen LogP contribution in [0.5, 0.6) is 5.75 Å². The first-order valence-corrected chi connectivity index (χ1v) is 6.87. The van der Waals surface area contributed by atoms with Crippen molar-refractivity contribution in [1.82, 2.24) is 0 Å². The van der Waals surface area contributed by atoms with Gasteiger partial charge in [0.25, 0.3) is 0 Å². The van der Waals surface area contributed by atoms with E-state index in [2.05, 4.69) is 0 Å². The summed E-state index contributed by atoms with van der Waals surface area (Å²) in [6.07, 6.45) is 3.20. The average Bonchev–Trinajstić information content (AvgIpc) is 2.30. The van der Waals surface area contributed by atoms with Crippen molar-refractivity contribution in [1.29, 1.82) is 0 Å². The molecule has 1 aliphatic carbocycles. The maximum absolute atomic E-state index is 10.3. The van der Waals surface area contributed by atoms with E-state index in [1.54, 1.807) is 0 Å². The zero-order valence-corrected chi connectivity index (χ0v) is 11.0. The molecule has 1 fully saturated rings. The molecule has 0 amide bonds. The summed E-state index contributed by atoms with van der Waals surface area (Å²) in [5.41, 5.74) is 6.94. The number of hydrogen-bond donors (Lipinski definition) is 2. The smallest absolute Gasteiger partial charge is 0.119 e. The lowest BCUT2D eigenvalue weighted by Crippen LogP contribution is -2.35. The van der Waals surface area contributed by atoms with Gasteiger partial charge in [-0.25, -0.2) is 0 Å². The Morgan fingerprint density at radius 3 is 2.44 bits per heavy atom. The van der Waals surface area contributed by atoms with Crippen molar-refractivity contribution in [3.63, 3.8) is 0 Å². The largest absolute Gasteiger partial charge is 0.494 e. The van der Waals surface area contributed by atoms with E-state index >= 15 is 0 Å². The SMILES string of the molecule is CCOc1ccc(C(CN)C(O)C2CCC2)cc1. The Kier molecular flexibility index (Phi) is 4.61. The Morgan fingerprint density at radius 2 is 2.00 bits per heavy atom. The quantitative estimate of drug-likeness (QED) is 0.813. The van der Waals surface area contributed by atoms with Crippen LogP contribution in [0.3, 0.4) is 0 Å². The Morgan fingerprint density at radius 1 is 1.33 bits per heavy atom. The fourth-order valence-corrected chi connectivity index (χ4v) is 2.56. The second kappa shape index (κ2) is 6.21. The first kappa shape index (κ1) is 13.4. The van der Waals surface area contributed by atoms with Crippen LogP contribution >= 0.6 is 0 Å². The molecule has 0 spiro atoms. The minimum absolute atomic E-state index is 0.0472. The van der Waals surface area contributed by atoms with Crippen molar-refractivity contribution < 1.29 is 9.84 Å². The third-order valence-corrected chi connectivity index (χ3v) is 3.92. The molecule has 0 saturated heterocycles. The van der Waals surface area contributed by atoms with Gasteiger partial charge in [-0.1, -0.05) is 18.6 Å². The molecule has 0 bridgehead atoms. The van der Waals surface area contributed by atoms with Crippen LogP contribution in [0.15, 0.2) is 24.3 Å². The van der Waals surface area contributed by atoms with Crippen molar-refractivity contribution in [2.45, 2.75) is 38.2 Å². The third kappa shape index (κ3) is 2.85. The Hall–Kier alpha value is -1.06. The van der Waals surface area contributed by atoms with Gasteiger partial charge in [0.05, 0.1) is 12.7 Å². The van der Waals surface area contributed by atoms with Gasteiger partial charge in [-0.3, -0.25) is 0 Å². The van der Waals surface area contributed by atoms with Crippen LogP contribution in [0.1, 0.15) is 37.7 Å². The normalized spacial score (nSPS) is 19.1. The molecule has 0 radical (unpaired) electrons. The lowest BCUT2D eigenvalue weighted by atomic mass is 9.75. The average molecular weight is 249 g/mol. The molecular formula is C15H23NO2. The fourth-order valence-electron chi connectivity index (χ4n) is 2.56. The minimum Gasteiger partial charge on any atom is -0.494 e. The lowest BCUT2D eigenvalue weighted by Gasteiger charge is -2.35. The van der Waals surface area contributed by atoms with Crippen LogP contribution in [-0.2, 0) is 0 Å². The second-order valence-corrected chi connectivity index (χ2v) is 5.03. The number of aliphatic hydroxyl groups excluding tert-OH is 1. The Balaban J connectivity index is 2.06. The van der Waals surface area contributed by atoms with Gasteiger partial charge in [-0.15, -0.1) is 0 Å². The third-order valence-electron chi connectivity index (χ3n) is 3.92. The zero-order chi connectivity index (χ0) is 13.0. The van der Waals surface area contributed by atoms with Gasteiger partial charge in [0.15, 0.2) is 0 Å². The van der Waals surface area contributed by atoms with Gasteiger partial charge >= 0.3 is 0 Å². The first-order valence-electron chi connectivity index (χ1n) is 6.87. The van der Waals surface area contributed by atoms with Crippen molar-refractivity contribution in [3.05, 3.63) is 29.8 Å². The topological polar surface area (TPSA) is 55.5 Å². The molecule has 0 aromatic heterocycles. The number of nitrogens with two attached hydrogens (primary N) is 1. The van der Waals surface area contributed by atoms with E-state index in [1.165, 1.54) is 6.42 Å². The predicted octanol–water partition coefficient (Wildman–Crippen LogP) is 2.29. The maximum Gasteiger partial charge on any atom is 0.119 e. The van der Waals surface area contributed by atoms with E-state index in [-0.39, 0.29) is 12.0 Å². The minimum atomic E-state index is -0.304. The summed E-state index contributed by atoms with van der Waals surface area (Å²) in [5.74, 6) is 1.35. The molecule has 3 nitrogen and oxygen atoms in total. The molecule has 2 unspecified atom stereocenters. The van der Waals surface area contributed by atoms with Crippen molar-refractivity contribution in [3.8, 4) is 5.75 Å². The molecule has 18 heavy (non-hydrogen) atoms. The highest BCUT2D eigenvalue weighted by Crippen LogP contribution is 2.36. The molecule has 1 saturated carbocycles. The van der Waals surface area contributed by atoms with Crippen molar-refractivity contribution >= 4 is 0 Å². The van der Waals surface area contributed by atoms with Crippen LogP contribution in [0.25, 0.3) is 0 Å². The highest BCUT2D eigenvalue weighted by atomic mass is 16.5. The number of benzene rings is 1. The zero-order valence-electron chi connectivity index (χ0n) is 11.0. The van der Waals surface area contributed by atoms with Gasteiger partial charge in [-0.05, 0) is 43.4 Å². The van der Waals surface area contributed by atoms with Crippen LogP contribution in [0.4, 0.5) is 0 Å². The number of hydrogen-bond acceptors (Lipinski definition) is 3. The van der Waals surface area contributed by atoms with E-state index in [0.717, 1.165) is 24.2 Å². The molecule has 1 aliphatic rings. The van der Waals surface area contributed by atoms with Crippen LogP contribution in [0, 0.1) is 5.92 Å². The summed E-state index contributed by atoms with van der Waals surface area (Å²) < 4.78 is 5.42. The van der Waals surface area contributed by atoms with Gasteiger partial charge in [-0.2, -0.15) is 0 Å². The monoisotopic (exact) mass is 249 g/mol. The Labute approximate surface area is 109 Å². The summed E-state index contributed by atoms with van der Waals surface area (Å²) >= 11 is 0. The standard InChI is InChI=1S/C15H23NO2/c1-2-18-13-8-6-11(7-9-13)14(10-16)15(17)12-4-3-5-12/h6-9,12,14-15,17H,2-5,10,16H2,1H3. The van der Waals surface area contributed by atoms with Crippen LogP contribution in [0.2, 0.25) is 0 Å². The molecule has 1 aromatic carbocycles. The number of aliphatic hydroxyl groups is 1. The van der Waals surface area contributed by atoms with E-state index in [1.807, 2.05) is 31.2 Å². The van der Waals surface area contributed by atoms with E-state index in [4.69, 9.17) is 10.5 Å². The van der Waals surface area contributed by atoms with Gasteiger partial charge in [0, 0.05) is 12.5 Å². The molecular weight excluding hydrogens is 226 g/mol. The molecule has 2 atom stereocenters. The van der Waals surface area contributed by atoms with E-state index in [9.17, 15) is 5.11 Å². The van der Waals surface area contributed by atoms with Gasteiger partial charge in [0.1, 0.15) is 5.75 Å². The molecule has 0 heterocycles. The van der Waals surface area contributed by atoms with Crippen molar-refractivity contribution in [2.24, 2.45) is 11.7 Å². The molecule has 100 valence electrons. The predicted molar refractivity (Wildman–Crippen MR) is 72.8 cm³/mol. The van der Waals surface area contributed by atoms with Crippen LogP contribution in [-0.4, -0.2) is 24.4 Å². The maximum atomic E-state index is 10.3. The summed E-state index contributed by atoms with van der Waals surface area (Å²) in [7, 11) is 0. The highest BCUT2D eigenvalue weighted by molar-refractivity contribution is 5.30. The summed E-state index contributed by atoms with van der Waals surface area (Å²) in [5, 5.41) is 10.3. The fraction of sp³-hybridized carbons (Fsp3) is 0.600. The summed E-state index contributed by atoms with van der Waals surface area (Å²) in [6, 6.07) is 7.94. The van der Waals surface area contributed by atoms with Crippen LogP contribution < -0.4 is 10.5 Å².